The zero-order valence-corrected chi connectivity index (χ0v) is 9.65. The monoisotopic (exact) mass is 220 g/mol. The zero-order chi connectivity index (χ0) is 11.2. The molecule has 0 unspecified atom stereocenters. The van der Waals surface area contributed by atoms with Gasteiger partial charge in [0.2, 0.25) is 0 Å². The van der Waals surface area contributed by atoms with Crippen LogP contribution >= 0.6 is 0 Å². The highest BCUT2D eigenvalue weighted by Gasteiger charge is 2.10. The normalized spacial score (nSPS) is 17.6. The first-order chi connectivity index (χ1) is 7.88. The topological polar surface area (TPSA) is 35.5 Å². The third-order valence-electron chi connectivity index (χ3n) is 3.13. The van der Waals surface area contributed by atoms with Crippen LogP contribution in [0.3, 0.4) is 0 Å². The van der Waals surface area contributed by atoms with Gasteiger partial charge in [0.25, 0.3) is 0 Å². The van der Waals surface area contributed by atoms with Crippen LogP contribution in [-0.4, -0.2) is 23.2 Å². The number of benzene rings is 1. The van der Waals surface area contributed by atoms with Crippen LogP contribution in [0.4, 0.5) is 0 Å². The Labute approximate surface area is 97.0 Å². The highest BCUT2D eigenvalue weighted by atomic mass is 16.5. The molecule has 0 atom stereocenters. The fraction of sp³-hybridized carbons (Fsp3) is 0.538. The van der Waals surface area contributed by atoms with Crippen LogP contribution in [-0.2, 0) is 13.1 Å². The van der Waals surface area contributed by atoms with Gasteiger partial charge in [0, 0.05) is 13.1 Å². The number of likely N-dealkylation sites (tertiary alicyclic amines) is 1. The quantitative estimate of drug-likeness (QED) is 0.763. The van der Waals surface area contributed by atoms with Gasteiger partial charge >= 0.3 is 0 Å². The Morgan fingerprint density at radius 3 is 2.62 bits per heavy atom. The summed E-state index contributed by atoms with van der Waals surface area (Å²) < 4.78 is 0. The minimum absolute atomic E-state index is 0.522. The van der Waals surface area contributed by atoms with Gasteiger partial charge in [0.15, 0.2) is 0 Å². The summed E-state index contributed by atoms with van der Waals surface area (Å²) in [6.07, 6.45) is 4.04. The third kappa shape index (κ3) is 3.30. The van der Waals surface area contributed by atoms with E-state index in [-0.39, 0.29) is 0 Å². The molecule has 1 aromatic rings. The maximum atomic E-state index is 8.67. The average molecular weight is 220 g/mol. The van der Waals surface area contributed by atoms with Crippen LogP contribution in [0.2, 0.25) is 0 Å². The van der Waals surface area contributed by atoms with Gasteiger partial charge in [-0.15, -0.1) is 0 Å². The number of hydrogen-bond donors (Lipinski definition) is 2. The zero-order valence-electron chi connectivity index (χ0n) is 9.65. The minimum Gasteiger partial charge on any atom is -0.316 e. The predicted molar refractivity (Wildman–Crippen MR) is 64.2 cm³/mol. The summed E-state index contributed by atoms with van der Waals surface area (Å²) in [5, 5.41) is 8.67. The van der Waals surface area contributed by atoms with Crippen molar-refractivity contribution in [1.82, 2.24) is 10.4 Å². The molecule has 3 heteroatoms. The number of rotatable bonds is 4. The SMILES string of the molecule is ONCc1cccc(CN2CCCCC2)c1. The number of nitrogens with zero attached hydrogens (tertiary/aromatic N) is 1. The van der Waals surface area contributed by atoms with E-state index in [1.165, 1.54) is 37.9 Å². The van der Waals surface area contributed by atoms with Crippen molar-refractivity contribution in [3.8, 4) is 0 Å². The molecule has 0 aromatic heterocycles. The lowest BCUT2D eigenvalue weighted by atomic mass is 10.1. The molecule has 1 saturated heterocycles. The number of hydrogen-bond acceptors (Lipinski definition) is 3. The molecule has 3 nitrogen and oxygen atoms in total. The first-order valence-corrected chi connectivity index (χ1v) is 6.05. The second-order valence-electron chi connectivity index (χ2n) is 4.49. The van der Waals surface area contributed by atoms with Crippen LogP contribution < -0.4 is 5.48 Å². The molecule has 2 N–H and O–H groups in total. The molecule has 0 aliphatic carbocycles. The third-order valence-corrected chi connectivity index (χ3v) is 3.13. The average Bonchev–Trinajstić information content (AvgIpc) is 2.31. The van der Waals surface area contributed by atoms with Crippen LogP contribution in [0.15, 0.2) is 24.3 Å². The molecular formula is C13H20N2O. The molecule has 2 rings (SSSR count). The second-order valence-corrected chi connectivity index (χ2v) is 4.49. The standard InChI is InChI=1S/C13H20N2O/c16-14-10-12-5-4-6-13(9-12)11-15-7-2-1-3-8-15/h4-6,9,14,16H,1-3,7-8,10-11H2. The van der Waals surface area contributed by atoms with E-state index in [0.29, 0.717) is 6.54 Å². The van der Waals surface area contributed by atoms with Crippen molar-refractivity contribution in [2.75, 3.05) is 13.1 Å². The Kier molecular flexibility index (Phi) is 4.34. The van der Waals surface area contributed by atoms with Gasteiger partial charge in [0.1, 0.15) is 0 Å². The molecular weight excluding hydrogens is 200 g/mol. The maximum absolute atomic E-state index is 8.67. The van der Waals surface area contributed by atoms with Crippen molar-refractivity contribution in [2.24, 2.45) is 0 Å². The molecule has 0 radical (unpaired) electrons. The highest BCUT2D eigenvalue weighted by molar-refractivity contribution is 5.23. The molecule has 16 heavy (non-hydrogen) atoms. The summed E-state index contributed by atoms with van der Waals surface area (Å²) in [5.74, 6) is 0. The van der Waals surface area contributed by atoms with E-state index in [9.17, 15) is 0 Å². The van der Waals surface area contributed by atoms with Gasteiger partial charge in [-0.3, -0.25) is 4.90 Å². The van der Waals surface area contributed by atoms with E-state index < -0.39 is 0 Å². The molecule has 0 bridgehead atoms. The molecule has 0 amide bonds. The van der Waals surface area contributed by atoms with Crippen LogP contribution in [0, 0.1) is 0 Å². The van der Waals surface area contributed by atoms with Gasteiger partial charge in [-0.05, 0) is 37.1 Å². The van der Waals surface area contributed by atoms with Gasteiger partial charge in [-0.1, -0.05) is 30.7 Å². The van der Waals surface area contributed by atoms with Crippen molar-refractivity contribution in [3.63, 3.8) is 0 Å². The van der Waals surface area contributed by atoms with Crippen molar-refractivity contribution in [3.05, 3.63) is 35.4 Å². The molecule has 0 spiro atoms. The molecule has 0 saturated carbocycles. The first kappa shape index (κ1) is 11.6. The van der Waals surface area contributed by atoms with E-state index in [4.69, 9.17) is 5.21 Å². The largest absolute Gasteiger partial charge is 0.316 e. The van der Waals surface area contributed by atoms with Crippen molar-refractivity contribution in [1.29, 1.82) is 0 Å². The Morgan fingerprint density at radius 1 is 1.12 bits per heavy atom. The van der Waals surface area contributed by atoms with Crippen molar-refractivity contribution >= 4 is 0 Å². The molecule has 1 fully saturated rings. The number of nitrogens with one attached hydrogen (secondary N) is 1. The summed E-state index contributed by atoms with van der Waals surface area (Å²) in [4.78, 5) is 2.51. The molecule has 1 aliphatic rings. The predicted octanol–water partition coefficient (Wildman–Crippen LogP) is 2.15. The maximum Gasteiger partial charge on any atom is 0.0458 e. The summed E-state index contributed by atoms with van der Waals surface area (Å²) in [6, 6.07) is 8.42. The van der Waals surface area contributed by atoms with E-state index in [0.717, 1.165) is 12.1 Å². The van der Waals surface area contributed by atoms with E-state index in [1.54, 1.807) is 0 Å². The lowest BCUT2D eigenvalue weighted by Gasteiger charge is -2.26. The van der Waals surface area contributed by atoms with Crippen LogP contribution in [0.25, 0.3) is 0 Å². The fourth-order valence-electron chi connectivity index (χ4n) is 2.30. The molecule has 88 valence electrons. The van der Waals surface area contributed by atoms with Gasteiger partial charge in [0.05, 0.1) is 0 Å². The van der Waals surface area contributed by atoms with Crippen molar-refractivity contribution in [2.45, 2.75) is 32.4 Å². The molecule has 1 aromatic carbocycles. The lowest BCUT2D eigenvalue weighted by molar-refractivity contribution is 0.161. The lowest BCUT2D eigenvalue weighted by Crippen LogP contribution is -2.29. The fourth-order valence-corrected chi connectivity index (χ4v) is 2.30. The Balaban J connectivity index is 1.94. The van der Waals surface area contributed by atoms with E-state index >= 15 is 0 Å². The molecule has 1 heterocycles. The summed E-state index contributed by atoms with van der Waals surface area (Å²) in [5.41, 5.74) is 4.68. The van der Waals surface area contributed by atoms with Gasteiger partial charge in [-0.2, -0.15) is 0 Å². The summed E-state index contributed by atoms with van der Waals surface area (Å²) in [7, 11) is 0. The van der Waals surface area contributed by atoms with Crippen LogP contribution in [0.1, 0.15) is 30.4 Å². The van der Waals surface area contributed by atoms with E-state index in [1.807, 2.05) is 6.07 Å². The Bertz CT molecular complexity index is 321. The minimum atomic E-state index is 0.522. The highest BCUT2D eigenvalue weighted by Crippen LogP contribution is 2.13. The van der Waals surface area contributed by atoms with Gasteiger partial charge < -0.3 is 5.21 Å². The number of hydroxylamine groups is 1. The van der Waals surface area contributed by atoms with Gasteiger partial charge in [-0.25, -0.2) is 5.48 Å². The summed E-state index contributed by atoms with van der Waals surface area (Å²) >= 11 is 0. The Morgan fingerprint density at radius 2 is 1.88 bits per heavy atom. The van der Waals surface area contributed by atoms with Crippen molar-refractivity contribution < 1.29 is 5.21 Å². The number of piperidine rings is 1. The Hall–Kier alpha value is -0.900. The van der Waals surface area contributed by atoms with E-state index in [2.05, 4.69) is 28.6 Å². The summed E-state index contributed by atoms with van der Waals surface area (Å²) in [6.45, 7) is 4.01. The van der Waals surface area contributed by atoms with Crippen LogP contribution in [0.5, 0.6) is 0 Å². The molecule has 1 aliphatic heterocycles. The second kappa shape index (κ2) is 5.99. The first-order valence-electron chi connectivity index (χ1n) is 6.05. The smallest absolute Gasteiger partial charge is 0.0458 e.